The second-order valence-electron chi connectivity index (χ2n) is 6.02. The fourth-order valence-electron chi connectivity index (χ4n) is 2.51. The van der Waals surface area contributed by atoms with Gasteiger partial charge in [0.25, 0.3) is 5.91 Å². The molecule has 152 valence electrons. The molecule has 11 heteroatoms. The first-order chi connectivity index (χ1) is 13.6. The van der Waals surface area contributed by atoms with Crippen LogP contribution in [0.2, 0.25) is 5.02 Å². The number of benzene rings is 2. The number of halogens is 4. The van der Waals surface area contributed by atoms with Crippen LogP contribution in [0, 0.1) is 0 Å². The number of carbonyl (C=O) groups excluding carboxylic acids is 3. The molecule has 0 aromatic heterocycles. The van der Waals surface area contributed by atoms with Crippen LogP contribution < -0.4 is 16.2 Å². The van der Waals surface area contributed by atoms with E-state index in [0.29, 0.717) is 9.92 Å². The minimum atomic E-state index is -4.53. The van der Waals surface area contributed by atoms with Crippen LogP contribution in [0.1, 0.15) is 22.3 Å². The van der Waals surface area contributed by atoms with Crippen LogP contribution in [0.25, 0.3) is 0 Å². The Balaban J connectivity index is 1.59. The molecule has 1 aliphatic rings. The first-order valence-corrected chi connectivity index (χ1v) is 9.43. The Kier molecular flexibility index (Phi) is 6.04. The maximum absolute atomic E-state index is 12.8. The van der Waals surface area contributed by atoms with Gasteiger partial charge in [-0.15, -0.1) is 11.8 Å². The molecule has 3 rings (SSSR count). The normalized spacial score (nSPS) is 15.9. The summed E-state index contributed by atoms with van der Waals surface area (Å²) < 4.78 is 38.4. The number of nitrogens with one attached hydrogen (secondary N) is 3. The smallest absolute Gasteiger partial charge is 0.324 e. The number of rotatable bonds is 3. The Morgan fingerprint density at radius 3 is 2.59 bits per heavy atom. The Hall–Kier alpha value is -2.72. The average Bonchev–Trinajstić information content (AvgIpc) is 2.65. The number of hydrazine groups is 1. The summed E-state index contributed by atoms with van der Waals surface area (Å²) in [6.45, 7) is 0. The topological polar surface area (TPSA) is 87.3 Å². The Morgan fingerprint density at radius 1 is 1.14 bits per heavy atom. The zero-order chi connectivity index (χ0) is 21.2. The number of alkyl halides is 3. The first-order valence-electron chi connectivity index (χ1n) is 8.17. The van der Waals surface area contributed by atoms with Gasteiger partial charge in [0, 0.05) is 21.9 Å². The van der Waals surface area contributed by atoms with Crippen molar-refractivity contribution in [1.29, 1.82) is 0 Å². The van der Waals surface area contributed by atoms with Gasteiger partial charge in [0.05, 0.1) is 16.5 Å². The van der Waals surface area contributed by atoms with Crippen LogP contribution >= 0.6 is 23.4 Å². The number of thioether (sulfide) groups is 1. The van der Waals surface area contributed by atoms with Crippen molar-refractivity contribution in [2.24, 2.45) is 0 Å². The summed E-state index contributed by atoms with van der Waals surface area (Å²) in [5, 5.41) is 1.88. The number of carbonyl (C=O) groups is 3. The van der Waals surface area contributed by atoms with Gasteiger partial charge < -0.3 is 5.32 Å². The Labute approximate surface area is 172 Å². The highest BCUT2D eigenvalue weighted by Gasteiger charge is 2.34. The predicted octanol–water partition coefficient (Wildman–Crippen LogP) is 3.62. The predicted molar refractivity (Wildman–Crippen MR) is 101 cm³/mol. The molecule has 3 N–H and O–H groups in total. The summed E-state index contributed by atoms with van der Waals surface area (Å²) in [6.07, 6.45) is -4.81. The van der Waals surface area contributed by atoms with E-state index >= 15 is 0 Å². The molecule has 1 atom stereocenters. The molecule has 29 heavy (non-hydrogen) atoms. The zero-order valence-corrected chi connectivity index (χ0v) is 16.0. The summed E-state index contributed by atoms with van der Waals surface area (Å²) in [5.41, 5.74) is 3.81. The molecular weight excluding hydrogens is 431 g/mol. The summed E-state index contributed by atoms with van der Waals surface area (Å²) >= 11 is 6.77. The van der Waals surface area contributed by atoms with Crippen LogP contribution in [-0.2, 0) is 15.8 Å². The SMILES string of the molecule is O=C(CC1Sc2ccc(C(F)(F)F)cc2NC1=O)NNC(=O)c1cccc(Cl)c1. The van der Waals surface area contributed by atoms with Crippen molar-refractivity contribution in [3.63, 3.8) is 0 Å². The van der Waals surface area contributed by atoms with Crippen molar-refractivity contribution in [3.8, 4) is 0 Å². The molecule has 3 amide bonds. The highest BCUT2D eigenvalue weighted by Crippen LogP contribution is 2.40. The number of anilines is 1. The van der Waals surface area contributed by atoms with E-state index in [1.165, 1.54) is 18.2 Å². The lowest BCUT2D eigenvalue weighted by molar-refractivity contribution is -0.137. The molecule has 1 heterocycles. The summed E-state index contributed by atoms with van der Waals surface area (Å²) in [7, 11) is 0. The van der Waals surface area contributed by atoms with E-state index in [9.17, 15) is 27.6 Å². The van der Waals surface area contributed by atoms with Gasteiger partial charge >= 0.3 is 6.18 Å². The van der Waals surface area contributed by atoms with Gasteiger partial charge in [-0.05, 0) is 36.4 Å². The Morgan fingerprint density at radius 2 is 1.90 bits per heavy atom. The van der Waals surface area contributed by atoms with Crippen LogP contribution in [0.15, 0.2) is 47.4 Å². The van der Waals surface area contributed by atoms with Gasteiger partial charge in [-0.1, -0.05) is 17.7 Å². The maximum Gasteiger partial charge on any atom is 0.416 e. The largest absolute Gasteiger partial charge is 0.416 e. The summed E-state index contributed by atoms with van der Waals surface area (Å²) in [4.78, 5) is 36.6. The monoisotopic (exact) mass is 443 g/mol. The molecule has 0 aliphatic carbocycles. The number of amides is 3. The molecule has 2 aromatic carbocycles. The van der Waals surface area contributed by atoms with Crippen LogP contribution in [0.4, 0.5) is 18.9 Å². The van der Waals surface area contributed by atoms with Crippen molar-refractivity contribution in [2.75, 3.05) is 5.32 Å². The standard InChI is InChI=1S/C18H13ClF3N3O3S/c19-11-3-1-2-9(6-11)16(27)25-24-15(26)8-14-17(28)23-12-7-10(18(20,21)22)4-5-13(12)29-14/h1-7,14H,8H2,(H,23,28)(H,24,26)(H,25,27). The minimum absolute atomic E-state index is 0.0424. The van der Waals surface area contributed by atoms with E-state index in [-0.39, 0.29) is 17.7 Å². The quantitative estimate of drug-likeness (QED) is 0.632. The van der Waals surface area contributed by atoms with Crippen molar-refractivity contribution in [2.45, 2.75) is 22.7 Å². The van der Waals surface area contributed by atoms with E-state index in [0.717, 1.165) is 23.9 Å². The van der Waals surface area contributed by atoms with Crippen molar-refractivity contribution in [3.05, 3.63) is 58.6 Å². The second kappa shape index (κ2) is 8.34. The lowest BCUT2D eigenvalue weighted by Gasteiger charge is -2.24. The molecular formula is C18H13ClF3N3O3S. The maximum atomic E-state index is 12.8. The van der Waals surface area contributed by atoms with E-state index in [2.05, 4.69) is 16.2 Å². The summed E-state index contributed by atoms with van der Waals surface area (Å²) in [6, 6.07) is 9.08. The molecule has 2 aromatic rings. The third-order valence-electron chi connectivity index (χ3n) is 3.90. The molecule has 1 aliphatic heterocycles. The van der Waals surface area contributed by atoms with E-state index in [4.69, 9.17) is 11.6 Å². The third-order valence-corrected chi connectivity index (χ3v) is 5.41. The van der Waals surface area contributed by atoms with Crippen molar-refractivity contribution < 1.29 is 27.6 Å². The number of fused-ring (bicyclic) bond motifs is 1. The van der Waals surface area contributed by atoms with Gasteiger partial charge in [0.2, 0.25) is 11.8 Å². The average molecular weight is 444 g/mol. The molecule has 0 saturated carbocycles. The number of hydrogen-bond donors (Lipinski definition) is 3. The lowest BCUT2D eigenvalue weighted by atomic mass is 10.1. The van der Waals surface area contributed by atoms with Gasteiger partial charge in [-0.3, -0.25) is 25.2 Å². The highest BCUT2D eigenvalue weighted by molar-refractivity contribution is 8.01. The van der Waals surface area contributed by atoms with Crippen molar-refractivity contribution in [1.82, 2.24) is 10.9 Å². The molecule has 0 radical (unpaired) electrons. The third kappa shape index (κ3) is 5.21. The van der Waals surface area contributed by atoms with Crippen LogP contribution in [-0.4, -0.2) is 23.0 Å². The fourth-order valence-corrected chi connectivity index (χ4v) is 3.79. The van der Waals surface area contributed by atoms with Crippen molar-refractivity contribution >= 4 is 46.8 Å². The first kappa shape index (κ1) is 21.0. The zero-order valence-electron chi connectivity index (χ0n) is 14.5. The highest BCUT2D eigenvalue weighted by atomic mass is 35.5. The molecule has 0 bridgehead atoms. The van der Waals surface area contributed by atoms with E-state index in [1.807, 2.05) is 0 Å². The Bertz CT molecular complexity index is 984. The molecule has 0 spiro atoms. The second-order valence-corrected chi connectivity index (χ2v) is 7.70. The molecule has 1 unspecified atom stereocenters. The van der Waals surface area contributed by atoms with Gasteiger partial charge in [0.15, 0.2) is 0 Å². The number of hydrogen-bond acceptors (Lipinski definition) is 4. The fraction of sp³-hybridized carbons (Fsp3) is 0.167. The van der Waals surface area contributed by atoms with Crippen LogP contribution in [0.5, 0.6) is 0 Å². The molecule has 0 saturated heterocycles. The van der Waals surface area contributed by atoms with E-state index < -0.39 is 34.7 Å². The minimum Gasteiger partial charge on any atom is -0.324 e. The lowest BCUT2D eigenvalue weighted by Crippen LogP contribution is -2.44. The van der Waals surface area contributed by atoms with Gasteiger partial charge in [0.1, 0.15) is 0 Å². The van der Waals surface area contributed by atoms with Gasteiger partial charge in [-0.2, -0.15) is 13.2 Å². The van der Waals surface area contributed by atoms with Crippen LogP contribution in [0.3, 0.4) is 0 Å². The summed E-state index contributed by atoms with van der Waals surface area (Å²) in [5.74, 6) is -1.83. The molecule has 6 nitrogen and oxygen atoms in total. The van der Waals surface area contributed by atoms with Gasteiger partial charge in [-0.25, -0.2) is 0 Å². The molecule has 0 fully saturated rings. The van der Waals surface area contributed by atoms with E-state index in [1.54, 1.807) is 12.1 Å².